The number of nitrogens with zero attached hydrogens (tertiary/aromatic N) is 3. The van der Waals surface area contributed by atoms with Crippen LogP contribution in [0, 0.1) is 12.3 Å². The molecule has 3 rings (SSSR count). The number of nitrogens with one attached hydrogen (secondary N) is 1. The van der Waals surface area contributed by atoms with Crippen LogP contribution in [-0.2, 0) is 9.53 Å². The number of carbonyl (C=O) groups excluding carboxylic acids is 2. The molecule has 1 N–H and O–H groups in total. The first-order valence-electron chi connectivity index (χ1n) is 8.21. The molecule has 1 aromatic heterocycles. The van der Waals surface area contributed by atoms with Crippen LogP contribution in [0.5, 0.6) is 0 Å². The number of rotatable bonds is 7. The number of methoxy groups -OCH3 is 1. The lowest BCUT2D eigenvalue weighted by Crippen LogP contribution is -2.18. The van der Waals surface area contributed by atoms with Crippen LogP contribution >= 0.6 is 0 Å². The summed E-state index contributed by atoms with van der Waals surface area (Å²) < 4.78 is 4.70. The predicted octanol–water partition coefficient (Wildman–Crippen LogP) is 3.32. The molecule has 0 atom stereocenters. The number of fused-ring (bicyclic) bond motifs is 1. The van der Waals surface area contributed by atoms with E-state index in [0.29, 0.717) is 36.0 Å². The van der Waals surface area contributed by atoms with Gasteiger partial charge in [-0.25, -0.2) is 4.79 Å². The fourth-order valence-electron chi connectivity index (χ4n) is 2.69. The molecular formula is C19H18N4O3. The fraction of sp³-hybridized carbons (Fsp3) is 0.316. The summed E-state index contributed by atoms with van der Waals surface area (Å²) in [6.07, 6.45) is 8.77. The Morgan fingerprint density at radius 2 is 2.12 bits per heavy atom. The molecular weight excluding hydrogens is 332 g/mol. The summed E-state index contributed by atoms with van der Waals surface area (Å²) in [5, 5.41) is 11.7. The van der Waals surface area contributed by atoms with Gasteiger partial charge in [-0.05, 0) is 12.1 Å². The molecule has 0 radical (unpaired) electrons. The summed E-state index contributed by atoms with van der Waals surface area (Å²) in [4.78, 5) is 28.2. The third-order valence-electron chi connectivity index (χ3n) is 4.21. The first-order chi connectivity index (χ1) is 12.6. The molecule has 1 aliphatic heterocycles. The molecule has 7 heteroatoms. The minimum absolute atomic E-state index is 0.145. The van der Waals surface area contributed by atoms with Crippen LogP contribution in [-0.4, -0.2) is 29.6 Å². The van der Waals surface area contributed by atoms with Crippen LogP contribution in [0.1, 0.15) is 36.0 Å². The lowest BCUT2D eigenvalue weighted by atomic mass is 10.0. The standard InChI is InChI=1S/C19H18N4O3/c1-3-4-9-19(22-23-19)10-8-16(24)21-15-7-5-6-13-11-14(18(25)26-2)12-20-17(13)15/h1,5-7,11-12H,4,8-10H2,2H3,(H,21,24). The van der Waals surface area contributed by atoms with Gasteiger partial charge in [-0.3, -0.25) is 9.78 Å². The Kier molecular flexibility index (Phi) is 4.94. The van der Waals surface area contributed by atoms with Crippen molar-refractivity contribution < 1.29 is 14.3 Å². The maximum absolute atomic E-state index is 12.3. The Balaban J connectivity index is 1.68. The van der Waals surface area contributed by atoms with E-state index in [1.807, 2.05) is 6.07 Å². The smallest absolute Gasteiger partial charge is 0.339 e. The molecule has 0 aliphatic carbocycles. The van der Waals surface area contributed by atoms with Crippen molar-refractivity contribution in [1.82, 2.24) is 4.98 Å². The highest BCUT2D eigenvalue weighted by molar-refractivity contribution is 6.02. The molecule has 1 aliphatic rings. The van der Waals surface area contributed by atoms with Gasteiger partial charge in [0.05, 0.1) is 23.9 Å². The zero-order valence-corrected chi connectivity index (χ0v) is 14.4. The summed E-state index contributed by atoms with van der Waals surface area (Å²) in [6, 6.07) is 7.06. The molecule has 132 valence electrons. The summed E-state index contributed by atoms with van der Waals surface area (Å²) in [5.74, 6) is 1.97. The van der Waals surface area contributed by atoms with Crippen molar-refractivity contribution in [2.24, 2.45) is 10.2 Å². The number of pyridine rings is 1. The van der Waals surface area contributed by atoms with Crippen LogP contribution < -0.4 is 5.32 Å². The van der Waals surface area contributed by atoms with Gasteiger partial charge in [0, 0.05) is 37.3 Å². The molecule has 0 fully saturated rings. The third kappa shape index (κ3) is 3.86. The van der Waals surface area contributed by atoms with Gasteiger partial charge in [0.1, 0.15) is 0 Å². The Morgan fingerprint density at radius 3 is 2.81 bits per heavy atom. The van der Waals surface area contributed by atoms with Gasteiger partial charge >= 0.3 is 5.97 Å². The van der Waals surface area contributed by atoms with Crippen molar-refractivity contribution >= 4 is 28.5 Å². The Morgan fingerprint density at radius 1 is 1.31 bits per heavy atom. The average molecular weight is 350 g/mol. The van der Waals surface area contributed by atoms with E-state index in [2.05, 4.69) is 26.4 Å². The zero-order chi connectivity index (χ0) is 18.6. The number of carbonyl (C=O) groups is 2. The quantitative estimate of drug-likeness (QED) is 0.612. The normalized spacial score (nSPS) is 13.8. The monoisotopic (exact) mass is 350 g/mol. The predicted molar refractivity (Wildman–Crippen MR) is 96.6 cm³/mol. The second kappa shape index (κ2) is 7.31. The van der Waals surface area contributed by atoms with Crippen molar-refractivity contribution in [3.8, 4) is 12.3 Å². The number of hydrogen-bond donors (Lipinski definition) is 1. The number of anilines is 1. The van der Waals surface area contributed by atoms with Crippen LogP contribution in [0.15, 0.2) is 40.7 Å². The summed E-state index contributed by atoms with van der Waals surface area (Å²) >= 11 is 0. The highest BCUT2D eigenvalue weighted by Crippen LogP contribution is 2.37. The van der Waals surface area contributed by atoms with Crippen molar-refractivity contribution in [2.45, 2.75) is 31.3 Å². The molecule has 0 bridgehead atoms. The number of terminal acetylenes is 1. The van der Waals surface area contributed by atoms with E-state index in [0.717, 1.165) is 5.39 Å². The molecule has 2 aromatic rings. The SMILES string of the molecule is C#CCCC1(CCC(=O)Nc2cccc3cc(C(=O)OC)cnc23)N=N1. The van der Waals surface area contributed by atoms with Crippen LogP contribution in [0.2, 0.25) is 0 Å². The fourth-order valence-corrected chi connectivity index (χ4v) is 2.69. The Labute approximate surface area is 150 Å². The average Bonchev–Trinajstić information content (AvgIpc) is 3.44. The molecule has 0 saturated carbocycles. The molecule has 1 amide bonds. The molecule has 2 heterocycles. The maximum atomic E-state index is 12.3. The molecule has 26 heavy (non-hydrogen) atoms. The van der Waals surface area contributed by atoms with E-state index in [1.54, 1.807) is 18.2 Å². The van der Waals surface area contributed by atoms with Crippen molar-refractivity contribution in [3.05, 3.63) is 36.0 Å². The van der Waals surface area contributed by atoms with E-state index in [-0.39, 0.29) is 12.3 Å². The minimum Gasteiger partial charge on any atom is -0.465 e. The molecule has 1 aromatic carbocycles. The number of benzene rings is 1. The van der Waals surface area contributed by atoms with Gasteiger partial charge in [0.2, 0.25) is 5.91 Å². The first kappa shape index (κ1) is 17.5. The third-order valence-corrected chi connectivity index (χ3v) is 4.21. The number of para-hydroxylation sites is 1. The number of esters is 1. The summed E-state index contributed by atoms with van der Waals surface area (Å²) in [5.41, 5.74) is 1.08. The maximum Gasteiger partial charge on any atom is 0.339 e. The van der Waals surface area contributed by atoms with E-state index in [4.69, 9.17) is 11.2 Å². The van der Waals surface area contributed by atoms with E-state index < -0.39 is 11.6 Å². The summed E-state index contributed by atoms with van der Waals surface area (Å²) in [6.45, 7) is 0. The number of ether oxygens (including phenoxy) is 1. The largest absolute Gasteiger partial charge is 0.465 e. The second-order valence-corrected chi connectivity index (χ2v) is 6.03. The second-order valence-electron chi connectivity index (χ2n) is 6.03. The van der Waals surface area contributed by atoms with Crippen molar-refractivity contribution in [1.29, 1.82) is 0 Å². The van der Waals surface area contributed by atoms with Gasteiger partial charge in [-0.15, -0.1) is 12.3 Å². The molecule has 0 spiro atoms. The van der Waals surface area contributed by atoms with Gasteiger partial charge in [0.25, 0.3) is 0 Å². The minimum atomic E-state index is -0.476. The van der Waals surface area contributed by atoms with Crippen LogP contribution in [0.25, 0.3) is 10.9 Å². The lowest BCUT2D eigenvalue weighted by molar-refractivity contribution is -0.116. The van der Waals surface area contributed by atoms with E-state index in [1.165, 1.54) is 13.3 Å². The van der Waals surface area contributed by atoms with Crippen LogP contribution in [0.3, 0.4) is 0 Å². The Bertz CT molecular complexity index is 924. The van der Waals surface area contributed by atoms with Gasteiger partial charge in [-0.1, -0.05) is 12.1 Å². The highest BCUT2D eigenvalue weighted by atomic mass is 16.5. The Hall–Kier alpha value is -3.27. The van der Waals surface area contributed by atoms with Gasteiger partial charge in [0.15, 0.2) is 5.66 Å². The van der Waals surface area contributed by atoms with E-state index in [9.17, 15) is 9.59 Å². The van der Waals surface area contributed by atoms with Gasteiger partial charge < -0.3 is 10.1 Å². The number of hydrogen-bond acceptors (Lipinski definition) is 6. The highest BCUT2D eigenvalue weighted by Gasteiger charge is 2.39. The topological polar surface area (TPSA) is 93.0 Å². The number of amides is 1. The summed E-state index contributed by atoms with van der Waals surface area (Å²) in [7, 11) is 1.32. The molecule has 0 saturated heterocycles. The van der Waals surface area contributed by atoms with Gasteiger partial charge in [-0.2, -0.15) is 10.2 Å². The first-order valence-corrected chi connectivity index (χ1v) is 8.21. The zero-order valence-electron chi connectivity index (χ0n) is 14.4. The lowest BCUT2D eigenvalue weighted by Gasteiger charge is -2.11. The number of aromatic nitrogens is 1. The molecule has 7 nitrogen and oxygen atoms in total. The molecule has 0 unspecified atom stereocenters. The van der Waals surface area contributed by atoms with Crippen molar-refractivity contribution in [2.75, 3.05) is 12.4 Å². The van der Waals surface area contributed by atoms with E-state index >= 15 is 0 Å². The van der Waals surface area contributed by atoms with Crippen molar-refractivity contribution in [3.63, 3.8) is 0 Å². The van der Waals surface area contributed by atoms with Crippen LogP contribution in [0.4, 0.5) is 5.69 Å².